The van der Waals surface area contributed by atoms with Gasteiger partial charge in [-0.15, -0.1) is 0 Å². The maximum absolute atomic E-state index is 12.4. The van der Waals surface area contributed by atoms with E-state index in [9.17, 15) is 9.90 Å². The number of nitrogens with zero attached hydrogens (tertiary/aromatic N) is 1. The summed E-state index contributed by atoms with van der Waals surface area (Å²) in [5, 5.41) is 9.74. The molecule has 1 amide bonds. The van der Waals surface area contributed by atoms with E-state index in [2.05, 4.69) is 0 Å². The van der Waals surface area contributed by atoms with Crippen LogP contribution in [-0.2, 0) is 6.54 Å². The van der Waals surface area contributed by atoms with Crippen molar-refractivity contribution < 1.29 is 9.90 Å². The Morgan fingerprint density at radius 3 is 2.32 bits per heavy atom. The fourth-order valence-corrected chi connectivity index (χ4v) is 1.96. The first kappa shape index (κ1) is 13.1. The van der Waals surface area contributed by atoms with Crippen molar-refractivity contribution >= 4 is 5.91 Å². The van der Waals surface area contributed by atoms with Crippen molar-refractivity contribution in [3.05, 3.63) is 65.7 Å². The standard InChI is InChI=1S/C16H17NO2/c1-2-17(12-13-8-4-3-5-9-13)16(19)14-10-6-7-11-15(14)18/h3-11,18H,2,12H2,1H3. The van der Waals surface area contributed by atoms with Gasteiger partial charge in [-0.25, -0.2) is 0 Å². The molecule has 0 aliphatic rings. The zero-order chi connectivity index (χ0) is 13.7. The summed E-state index contributed by atoms with van der Waals surface area (Å²) in [6, 6.07) is 16.5. The van der Waals surface area contributed by atoms with Crippen molar-refractivity contribution in [1.82, 2.24) is 4.90 Å². The molecule has 98 valence electrons. The monoisotopic (exact) mass is 255 g/mol. The van der Waals surface area contributed by atoms with Crippen molar-refractivity contribution in [2.24, 2.45) is 0 Å². The molecule has 2 aromatic carbocycles. The third-order valence-corrected chi connectivity index (χ3v) is 3.02. The van der Waals surface area contributed by atoms with Gasteiger partial charge in [-0.05, 0) is 24.6 Å². The summed E-state index contributed by atoms with van der Waals surface area (Å²) in [6.07, 6.45) is 0. The summed E-state index contributed by atoms with van der Waals surface area (Å²) < 4.78 is 0. The van der Waals surface area contributed by atoms with E-state index in [1.165, 1.54) is 6.07 Å². The molecule has 1 N–H and O–H groups in total. The Balaban J connectivity index is 2.18. The smallest absolute Gasteiger partial charge is 0.257 e. The number of rotatable bonds is 4. The third kappa shape index (κ3) is 3.13. The average molecular weight is 255 g/mol. The Hall–Kier alpha value is -2.29. The lowest BCUT2D eigenvalue weighted by Crippen LogP contribution is -2.30. The van der Waals surface area contributed by atoms with Gasteiger partial charge in [0.15, 0.2) is 0 Å². The van der Waals surface area contributed by atoms with Crippen molar-refractivity contribution in [3.63, 3.8) is 0 Å². The highest BCUT2D eigenvalue weighted by Gasteiger charge is 2.17. The van der Waals surface area contributed by atoms with E-state index in [0.717, 1.165) is 5.56 Å². The first-order valence-corrected chi connectivity index (χ1v) is 6.33. The molecule has 0 bridgehead atoms. The number of hydrogen-bond donors (Lipinski definition) is 1. The van der Waals surface area contributed by atoms with E-state index in [4.69, 9.17) is 0 Å². The maximum Gasteiger partial charge on any atom is 0.257 e. The van der Waals surface area contributed by atoms with Gasteiger partial charge in [0.1, 0.15) is 5.75 Å². The molecular weight excluding hydrogens is 238 g/mol. The molecule has 0 aliphatic carbocycles. The molecule has 0 saturated heterocycles. The molecule has 0 unspecified atom stereocenters. The first-order chi connectivity index (χ1) is 9.22. The number of aromatic hydroxyl groups is 1. The van der Waals surface area contributed by atoms with Crippen LogP contribution in [-0.4, -0.2) is 22.5 Å². The fourth-order valence-electron chi connectivity index (χ4n) is 1.96. The Morgan fingerprint density at radius 1 is 1.05 bits per heavy atom. The molecule has 0 atom stereocenters. The molecule has 0 fully saturated rings. The average Bonchev–Trinajstić information content (AvgIpc) is 2.46. The number of carbonyl (C=O) groups is 1. The number of phenols is 1. The Labute approximate surface area is 113 Å². The van der Waals surface area contributed by atoms with Crippen LogP contribution in [0.3, 0.4) is 0 Å². The summed E-state index contributed by atoms with van der Waals surface area (Å²) >= 11 is 0. The molecule has 19 heavy (non-hydrogen) atoms. The normalized spacial score (nSPS) is 10.2. The van der Waals surface area contributed by atoms with E-state index in [-0.39, 0.29) is 11.7 Å². The van der Waals surface area contributed by atoms with Gasteiger partial charge in [-0.2, -0.15) is 0 Å². The molecule has 0 aliphatic heterocycles. The van der Waals surface area contributed by atoms with Gasteiger partial charge in [0.2, 0.25) is 0 Å². The Morgan fingerprint density at radius 2 is 1.68 bits per heavy atom. The van der Waals surface area contributed by atoms with Gasteiger partial charge in [0.05, 0.1) is 5.56 Å². The Kier molecular flexibility index (Phi) is 4.18. The number of benzene rings is 2. The van der Waals surface area contributed by atoms with E-state index >= 15 is 0 Å². The summed E-state index contributed by atoms with van der Waals surface area (Å²) in [5.74, 6) is -0.122. The summed E-state index contributed by atoms with van der Waals surface area (Å²) in [7, 11) is 0. The Bertz CT molecular complexity index is 552. The third-order valence-electron chi connectivity index (χ3n) is 3.02. The van der Waals surface area contributed by atoms with Gasteiger partial charge in [-0.1, -0.05) is 42.5 Å². The minimum atomic E-state index is -0.149. The fraction of sp³-hybridized carbons (Fsp3) is 0.188. The number of amides is 1. The van der Waals surface area contributed by atoms with Crippen molar-refractivity contribution in [2.45, 2.75) is 13.5 Å². The second-order valence-electron chi connectivity index (χ2n) is 4.32. The lowest BCUT2D eigenvalue weighted by Gasteiger charge is -2.21. The van der Waals surface area contributed by atoms with Gasteiger partial charge in [0, 0.05) is 13.1 Å². The highest BCUT2D eigenvalue weighted by molar-refractivity contribution is 5.96. The summed E-state index contributed by atoms with van der Waals surface area (Å²) in [6.45, 7) is 3.08. The lowest BCUT2D eigenvalue weighted by atomic mass is 10.1. The second-order valence-corrected chi connectivity index (χ2v) is 4.32. The van der Waals surface area contributed by atoms with Crippen LogP contribution in [0.1, 0.15) is 22.8 Å². The molecule has 3 heteroatoms. The largest absolute Gasteiger partial charge is 0.507 e. The minimum absolute atomic E-state index is 0.0269. The van der Waals surface area contributed by atoms with Crippen molar-refractivity contribution in [3.8, 4) is 5.75 Å². The van der Waals surface area contributed by atoms with E-state index in [1.54, 1.807) is 23.1 Å². The first-order valence-electron chi connectivity index (χ1n) is 6.33. The van der Waals surface area contributed by atoms with Crippen LogP contribution in [0.5, 0.6) is 5.75 Å². The van der Waals surface area contributed by atoms with Gasteiger partial charge >= 0.3 is 0 Å². The maximum atomic E-state index is 12.4. The predicted molar refractivity (Wildman–Crippen MR) is 75.0 cm³/mol. The van der Waals surface area contributed by atoms with E-state index < -0.39 is 0 Å². The molecule has 0 radical (unpaired) electrons. The summed E-state index contributed by atoms with van der Waals surface area (Å²) in [5.41, 5.74) is 1.42. The minimum Gasteiger partial charge on any atom is -0.507 e. The zero-order valence-electron chi connectivity index (χ0n) is 10.9. The topological polar surface area (TPSA) is 40.5 Å². The molecule has 0 heterocycles. The number of carbonyl (C=O) groups excluding carboxylic acids is 1. The molecular formula is C16H17NO2. The lowest BCUT2D eigenvalue weighted by molar-refractivity contribution is 0.0749. The van der Waals surface area contributed by atoms with Crippen LogP contribution in [0, 0.1) is 0 Å². The zero-order valence-corrected chi connectivity index (χ0v) is 10.9. The quantitative estimate of drug-likeness (QED) is 0.912. The summed E-state index contributed by atoms with van der Waals surface area (Å²) in [4.78, 5) is 14.1. The highest BCUT2D eigenvalue weighted by Crippen LogP contribution is 2.18. The van der Waals surface area contributed by atoms with E-state index in [0.29, 0.717) is 18.7 Å². The van der Waals surface area contributed by atoms with Crippen LogP contribution >= 0.6 is 0 Å². The molecule has 0 spiro atoms. The molecule has 2 rings (SSSR count). The van der Waals surface area contributed by atoms with Gasteiger partial charge < -0.3 is 10.0 Å². The molecule has 3 nitrogen and oxygen atoms in total. The number of phenolic OH excluding ortho intramolecular Hbond substituents is 1. The SMILES string of the molecule is CCN(Cc1ccccc1)C(=O)c1ccccc1O. The van der Waals surface area contributed by atoms with Crippen molar-refractivity contribution in [1.29, 1.82) is 0 Å². The number of para-hydroxylation sites is 1. The van der Waals surface area contributed by atoms with Gasteiger partial charge in [-0.3, -0.25) is 4.79 Å². The van der Waals surface area contributed by atoms with Crippen LogP contribution in [0.25, 0.3) is 0 Å². The van der Waals surface area contributed by atoms with Crippen LogP contribution in [0.15, 0.2) is 54.6 Å². The van der Waals surface area contributed by atoms with Crippen LogP contribution < -0.4 is 0 Å². The van der Waals surface area contributed by atoms with Crippen LogP contribution in [0.2, 0.25) is 0 Å². The molecule has 2 aromatic rings. The second kappa shape index (κ2) is 6.05. The van der Waals surface area contributed by atoms with Gasteiger partial charge in [0.25, 0.3) is 5.91 Å². The number of hydrogen-bond acceptors (Lipinski definition) is 2. The predicted octanol–water partition coefficient (Wildman–Crippen LogP) is 3.05. The van der Waals surface area contributed by atoms with E-state index in [1.807, 2.05) is 37.3 Å². The molecule has 0 aromatic heterocycles. The van der Waals surface area contributed by atoms with Crippen LogP contribution in [0.4, 0.5) is 0 Å². The highest BCUT2D eigenvalue weighted by atomic mass is 16.3. The molecule has 0 saturated carbocycles. The van der Waals surface area contributed by atoms with Crippen molar-refractivity contribution in [2.75, 3.05) is 6.54 Å².